The van der Waals surface area contributed by atoms with Gasteiger partial charge in [0.1, 0.15) is 11.6 Å². The first-order chi connectivity index (χ1) is 14.1. The Morgan fingerprint density at radius 1 is 1.27 bits per heavy atom. The second kappa shape index (κ2) is 12.2. The number of thiophene rings is 1. The number of nitrogens with one attached hydrogen (secondary N) is 2. The van der Waals surface area contributed by atoms with Gasteiger partial charge < -0.3 is 20.3 Å². The predicted octanol–water partition coefficient (Wildman–Crippen LogP) is 4.83. The highest BCUT2D eigenvalue weighted by Gasteiger charge is 2.21. The fourth-order valence-electron chi connectivity index (χ4n) is 3.26. The van der Waals surface area contributed by atoms with Crippen LogP contribution >= 0.6 is 35.3 Å². The molecule has 0 aliphatic carbocycles. The van der Waals surface area contributed by atoms with E-state index in [2.05, 4.69) is 42.8 Å². The highest BCUT2D eigenvalue weighted by molar-refractivity contribution is 14.0. The number of hydrogen-bond acceptors (Lipinski definition) is 4. The lowest BCUT2D eigenvalue weighted by Gasteiger charge is -2.33. The first-order valence-electron chi connectivity index (χ1n) is 9.62. The van der Waals surface area contributed by atoms with Crippen molar-refractivity contribution in [3.05, 3.63) is 47.1 Å². The number of nitrogens with zero attached hydrogens (tertiary/aromatic N) is 2. The van der Waals surface area contributed by atoms with Crippen molar-refractivity contribution in [1.29, 1.82) is 0 Å². The SMILES string of the molecule is CCNC(=NCc1c(F)cccc1OC(F)F)NC1CCN(c2cccs2)CC1.I. The number of aliphatic imine (C=N–C) groups is 1. The molecule has 0 amide bonds. The zero-order valence-corrected chi connectivity index (χ0v) is 19.8. The van der Waals surface area contributed by atoms with E-state index in [1.165, 1.54) is 23.2 Å². The van der Waals surface area contributed by atoms with Crippen LogP contribution in [0.25, 0.3) is 0 Å². The van der Waals surface area contributed by atoms with Crippen LogP contribution in [-0.4, -0.2) is 38.2 Å². The van der Waals surface area contributed by atoms with Crippen LogP contribution in [0.2, 0.25) is 0 Å². The van der Waals surface area contributed by atoms with Crippen molar-refractivity contribution in [2.45, 2.75) is 39.0 Å². The molecule has 3 rings (SSSR count). The Morgan fingerprint density at radius 3 is 2.67 bits per heavy atom. The van der Waals surface area contributed by atoms with E-state index in [9.17, 15) is 13.2 Å². The maximum atomic E-state index is 14.1. The Hall–Kier alpha value is -1.69. The van der Waals surface area contributed by atoms with Gasteiger partial charge in [-0.25, -0.2) is 9.38 Å². The summed E-state index contributed by atoms with van der Waals surface area (Å²) in [6.45, 7) is 1.34. The Labute approximate surface area is 195 Å². The van der Waals surface area contributed by atoms with Gasteiger partial charge in [0.15, 0.2) is 5.96 Å². The fraction of sp³-hybridized carbons (Fsp3) is 0.450. The van der Waals surface area contributed by atoms with Crippen LogP contribution in [0.3, 0.4) is 0 Å². The number of benzene rings is 1. The number of anilines is 1. The van der Waals surface area contributed by atoms with Crippen LogP contribution in [0, 0.1) is 5.82 Å². The summed E-state index contributed by atoms with van der Waals surface area (Å²) in [5, 5.41) is 9.86. The summed E-state index contributed by atoms with van der Waals surface area (Å²) in [6, 6.07) is 8.28. The number of halogens is 4. The van der Waals surface area contributed by atoms with Gasteiger partial charge in [0, 0.05) is 25.7 Å². The van der Waals surface area contributed by atoms with Crippen LogP contribution < -0.4 is 20.3 Å². The van der Waals surface area contributed by atoms with Crippen molar-refractivity contribution in [2.75, 3.05) is 24.5 Å². The summed E-state index contributed by atoms with van der Waals surface area (Å²) in [6.07, 6.45) is 1.89. The van der Waals surface area contributed by atoms with Crippen molar-refractivity contribution in [3.8, 4) is 5.75 Å². The topological polar surface area (TPSA) is 48.9 Å². The summed E-state index contributed by atoms with van der Waals surface area (Å²) >= 11 is 1.73. The molecule has 0 saturated carbocycles. The Morgan fingerprint density at radius 2 is 2.03 bits per heavy atom. The number of guanidine groups is 1. The average Bonchev–Trinajstić information content (AvgIpc) is 3.22. The molecular formula is C20H26F3IN4OS. The molecule has 1 aliphatic heterocycles. The largest absolute Gasteiger partial charge is 0.434 e. The minimum Gasteiger partial charge on any atom is -0.434 e. The Bertz CT molecular complexity index is 799. The number of hydrogen-bond donors (Lipinski definition) is 2. The van der Waals surface area contributed by atoms with Crippen LogP contribution in [0.4, 0.5) is 18.2 Å². The predicted molar refractivity (Wildman–Crippen MR) is 126 cm³/mol. The fourth-order valence-corrected chi connectivity index (χ4v) is 4.05. The zero-order valence-electron chi connectivity index (χ0n) is 16.6. The number of ether oxygens (including phenoxy) is 1. The monoisotopic (exact) mass is 554 g/mol. The molecule has 1 aromatic carbocycles. The molecule has 166 valence electrons. The molecule has 5 nitrogen and oxygen atoms in total. The Kier molecular flexibility index (Phi) is 10.0. The van der Waals surface area contributed by atoms with E-state index in [0.717, 1.165) is 25.9 Å². The van der Waals surface area contributed by atoms with Crippen molar-refractivity contribution in [3.63, 3.8) is 0 Å². The molecule has 0 spiro atoms. The van der Waals surface area contributed by atoms with Gasteiger partial charge in [-0.05, 0) is 49.4 Å². The molecule has 2 heterocycles. The van der Waals surface area contributed by atoms with Crippen molar-refractivity contribution in [1.82, 2.24) is 10.6 Å². The van der Waals surface area contributed by atoms with Crippen molar-refractivity contribution in [2.24, 2.45) is 4.99 Å². The first kappa shape index (κ1) is 24.6. The van der Waals surface area contributed by atoms with E-state index in [1.54, 1.807) is 11.3 Å². The maximum absolute atomic E-state index is 14.1. The van der Waals surface area contributed by atoms with Crippen molar-refractivity contribution < 1.29 is 17.9 Å². The molecule has 2 aromatic rings. The second-order valence-electron chi connectivity index (χ2n) is 6.65. The van der Waals surface area contributed by atoms with Gasteiger partial charge in [-0.15, -0.1) is 35.3 Å². The van der Waals surface area contributed by atoms with E-state index in [0.29, 0.717) is 12.5 Å². The molecule has 0 unspecified atom stereocenters. The normalized spacial score (nSPS) is 15.1. The molecule has 0 atom stereocenters. The van der Waals surface area contributed by atoms with Crippen LogP contribution in [0.1, 0.15) is 25.3 Å². The number of rotatable bonds is 7. The van der Waals surface area contributed by atoms with E-state index in [4.69, 9.17) is 0 Å². The van der Waals surface area contributed by atoms with E-state index in [1.807, 2.05) is 6.92 Å². The number of alkyl halides is 2. The maximum Gasteiger partial charge on any atom is 0.387 e. The lowest BCUT2D eigenvalue weighted by Crippen LogP contribution is -2.48. The van der Waals surface area contributed by atoms with Gasteiger partial charge in [0.05, 0.1) is 17.1 Å². The highest BCUT2D eigenvalue weighted by atomic mass is 127. The summed E-state index contributed by atoms with van der Waals surface area (Å²) in [7, 11) is 0. The molecule has 0 bridgehead atoms. The Balaban J connectivity index is 0.00000320. The minimum atomic E-state index is -3.01. The van der Waals surface area contributed by atoms with E-state index < -0.39 is 12.4 Å². The summed E-state index contributed by atoms with van der Waals surface area (Å²) in [5.74, 6) is -0.274. The third-order valence-electron chi connectivity index (χ3n) is 4.69. The second-order valence-corrected chi connectivity index (χ2v) is 7.57. The molecule has 30 heavy (non-hydrogen) atoms. The van der Waals surface area contributed by atoms with Gasteiger partial charge in [0.2, 0.25) is 0 Å². The van der Waals surface area contributed by atoms with Gasteiger partial charge in [-0.3, -0.25) is 0 Å². The summed E-state index contributed by atoms with van der Waals surface area (Å²) < 4.78 is 43.7. The summed E-state index contributed by atoms with van der Waals surface area (Å²) in [5.41, 5.74) is 0.0116. The average molecular weight is 554 g/mol. The molecule has 1 aromatic heterocycles. The standard InChI is InChI=1S/C20H25F3N4OS.HI/c1-2-24-20(25-13-15-16(21)5-3-6-17(15)28-19(22)23)26-14-8-10-27(11-9-14)18-7-4-12-29-18;/h3-7,12,14,19H,2,8-11,13H2,1H3,(H2,24,25,26);1H. The third-order valence-corrected chi connectivity index (χ3v) is 5.61. The molecule has 0 radical (unpaired) electrons. The van der Waals surface area contributed by atoms with Crippen LogP contribution in [0.5, 0.6) is 5.75 Å². The molecule has 1 saturated heterocycles. The first-order valence-corrected chi connectivity index (χ1v) is 10.5. The van der Waals surface area contributed by atoms with Gasteiger partial charge in [-0.1, -0.05) is 6.07 Å². The number of piperidine rings is 1. The van der Waals surface area contributed by atoms with E-state index >= 15 is 0 Å². The van der Waals surface area contributed by atoms with Gasteiger partial charge >= 0.3 is 6.61 Å². The van der Waals surface area contributed by atoms with Crippen molar-refractivity contribution >= 4 is 46.3 Å². The molecule has 10 heteroatoms. The van der Waals surface area contributed by atoms with Gasteiger partial charge in [0.25, 0.3) is 0 Å². The van der Waals surface area contributed by atoms with Gasteiger partial charge in [-0.2, -0.15) is 8.78 Å². The summed E-state index contributed by atoms with van der Waals surface area (Å²) in [4.78, 5) is 6.75. The third kappa shape index (κ3) is 6.93. The van der Waals surface area contributed by atoms with Crippen LogP contribution in [-0.2, 0) is 6.54 Å². The lowest BCUT2D eigenvalue weighted by molar-refractivity contribution is -0.0506. The smallest absolute Gasteiger partial charge is 0.387 e. The van der Waals surface area contributed by atoms with Crippen LogP contribution in [0.15, 0.2) is 40.7 Å². The van der Waals surface area contributed by atoms with E-state index in [-0.39, 0.29) is 47.9 Å². The molecule has 1 fully saturated rings. The zero-order chi connectivity index (χ0) is 20.6. The lowest BCUT2D eigenvalue weighted by atomic mass is 10.1. The minimum absolute atomic E-state index is 0. The molecule has 2 N–H and O–H groups in total. The highest BCUT2D eigenvalue weighted by Crippen LogP contribution is 2.25. The molecular weight excluding hydrogens is 528 g/mol. The quantitative estimate of drug-likeness (QED) is 0.293. The molecule has 1 aliphatic rings.